The molecule has 2 aromatic carbocycles. The van der Waals surface area contributed by atoms with Gasteiger partial charge in [0, 0.05) is 29.9 Å². The lowest BCUT2D eigenvalue weighted by molar-refractivity contribution is -0.384. The van der Waals surface area contributed by atoms with E-state index in [1.165, 1.54) is 19.1 Å². The Kier molecular flexibility index (Phi) is 6.33. The first-order chi connectivity index (χ1) is 13.8. The molecule has 0 radical (unpaired) electrons. The van der Waals surface area contributed by atoms with Crippen molar-refractivity contribution in [1.82, 2.24) is 0 Å². The molecule has 1 saturated heterocycles. The number of nitrogens with one attached hydrogen (secondary N) is 1. The van der Waals surface area contributed by atoms with E-state index < -0.39 is 22.9 Å². The Morgan fingerprint density at radius 3 is 2.45 bits per heavy atom. The van der Waals surface area contributed by atoms with Crippen LogP contribution in [0.25, 0.3) is 0 Å². The lowest BCUT2D eigenvalue weighted by Crippen LogP contribution is -2.30. The number of halogens is 1. The number of nitro groups is 1. The Balaban J connectivity index is 1.69. The first-order valence-corrected chi connectivity index (χ1v) is 9.54. The van der Waals surface area contributed by atoms with Crippen molar-refractivity contribution < 1.29 is 19.2 Å². The number of carbonyl (C=O) groups is 2. The minimum atomic E-state index is -1.09. The minimum Gasteiger partial charge on any atom is -0.449 e. The van der Waals surface area contributed by atoms with Crippen molar-refractivity contribution in [3.63, 3.8) is 0 Å². The van der Waals surface area contributed by atoms with E-state index in [4.69, 9.17) is 16.3 Å². The number of rotatable bonds is 6. The van der Waals surface area contributed by atoms with E-state index in [1.54, 1.807) is 30.3 Å². The second-order valence-electron chi connectivity index (χ2n) is 6.70. The number of ether oxygens (including phenoxy) is 1. The Morgan fingerprint density at radius 2 is 1.83 bits per heavy atom. The summed E-state index contributed by atoms with van der Waals surface area (Å²) in [4.78, 5) is 37.5. The molecule has 0 spiro atoms. The van der Waals surface area contributed by atoms with Gasteiger partial charge in [0.25, 0.3) is 11.6 Å². The largest absolute Gasteiger partial charge is 0.449 e. The maximum Gasteiger partial charge on any atom is 0.339 e. The summed E-state index contributed by atoms with van der Waals surface area (Å²) in [6.07, 6.45) is 0.859. The molecule has 1 fully saturated rings. The fourth-order valence-corrected chi connectivity index (χ4v) is 3.21. The Morgan fingerprint density at radius 1 is 1.17 bits per heavy atom. The third-order valence-electron chi connectivity index (χ3n) is 4.62. The number of hydrogen-bond donors (Lipinski definition) is 1. The highest BCUT2D eigenvalue weighted by Gasteiger charge is 2.25. The van der Waals surface area contributed by atoms with E-state index in [1.807, 2.05) is 4.90 Å². The van der Waals surface area contributed by atoms with Gasteiger partial charge in [0.15, 0.2) is 6.10 Å². The lowest BCUT2D eigenvalue weighted by atomic mass is 10.1. The molecule has 1 heterocycles. The average Bonchev–Trinajstić information content (AvgIpc) is 3.23. The average molecular weight is 418 g/mol. The summed E-state index contributed by atoms with van der Waals surface area (Å²) in [5.41, 5.74) is 0.857. The third kappa shape index (κ3) is 5.03. The van der Waals surface area contributed by atoms with Gasteiger partial charge in [0.2, 0.25) is 0 Å². The van der Waals surface area contributed by atoms with E-state index in [2.05, 4.69) is 5.32 Å². The first-order valence-electron chi connectivity index (χ1n) is 9.16. The summed E-state index contributed by atoms with van der Waals surface area (Å²) in [5, 5.41) is 14.6. The molecule has 0 aliphatic carbocycles. The molecule has 8 nitrogen and oxygen atoms in total. The van der Waals surface area contributed by atoms with E-state index >= 15 is 0 Å². The van der Waals surface area contributed by atoms with E-state index in [0.717, 1.165) is 25.9 Å². The molecule has 3 rings (SSSR count). The van der Waals surface area contributed by atoms with Crippen LogP contribution < -0.4 is 10.2 Å². The van der Waals surface area contributed by atoms with Crippen LogP contribution in [0.1, 0.15) is 30.1 Å². The van der Waals surface area contributed by atoms with Gasteiger partial charge in [-0.25, -0.2) is 4.79 Å². The van der Waals surface area contributed by atoms with Crippen LogP contribution in [0.15, 0.2) is 42.5 Å². The zero-order chi connectivity index (χ0) is 21.0. The van der Waals surface area contributed by atoms with Crippen molar-refractivity contribution in [1.29, 1.82) is 0 Å². The smallest absolute Gasteiger partial charge is 0.339 e. The maximum atomic E-state index is 12.4. The van der Waals surface area contributed by atoms with Crippen LogP contribution in [-0.2, 0) is 9.53 Å². The molecular formula is C20H20ClN3O5. The maximum absolute atomic E-state index is 12.4. The molecule has 29 heavy (non-hydrogen) atoms. The highest BCUT2D eigenvalue weighted by Crippen LogP contribution is 2.32. The fourth-order valence-electron chi connectivity index (χ4n) is 3.08. The molecular weight excluding hydrogens is 398 g/mol. The van der Waals surface area contributed by atoms with Gasteiger partial charge < -0.3 is 15.0 Å². The first kappa shape index (κ1) is 20.6. The summed E-state index contributed by atoms with van der Waals surface area (Å²) in [7, 11) is 0. The number of anilines is 2. The fraction of sp³-hybridized carbons (Fsp3) is 0.300. The number of amides is 1. The normalized spacial score (nSPS) is 14.3. The molecule has 0 unspecified atom stereocenters. The summed E-state index contributed by atoms with van der Waals surface area (Å²) in [5.74, 6) is -1.33. The molecule has 0 aromatic heterocycles. The van der Waals surface area contributed by atoms with Gasteiger partial charge in [0.05, 0.1) is 10.5 Å². The van der Waals surface area contributed by atoms with Crippen molar-refractivity contribution in [2.75, 3.05) is 23.3 Å². The molecule has 0 bridgehead atoms. The predicted molar refractivity (Wildman–Crippen MR) is 110 cm³/mol. The van der Waals surface area contributed by atoms with Gasteiger partial charge >= 0.3 is 5.97 Å². The molecule has 1 amide bonds. The Bertz CT molecular complexity index is 926. The van der Waals surface area contributed by atoms with E-state index in [0.29, 0.717) is 16.4 Å². The van der Waals surface area contributed by atoms with Crippen LogP contribution in [-0.4, -0.2) is 36.0 Å². The minimum absolute atomic E-state index is 0.0192. The van der Waals surface area contributed by atoms with E-state index in [9.17, 15) is 19.7 Å². The molecule has 1 aliphatic rings. The van der Waals surface area contributed by atoms with Crippen LogP contribution >= 0.6 is 11.6 Å². The topological polar surface area (TPSA) is 102 Å². The number of hydrogen-bond acceptors (Lipinski definition) is 6. The number of benzene rings is 2. The molecule has 1 aliphatic heterocycles. The zero-order valence-corrected chi connectivity index (χ0v) is 16.5. The predicted octanol–water partition coefficient (Wildman–Crippen LogP) is 4.03. The highest BCUT2D eigenvalue weighted by atomic mass is 35.5. The van der Waals surface area contributed by atoms with Crippen molar-refractivity contribution in [3.8, 4) is 0 Å². The van der Waals surface area contributed by atoms with Crippen LogP contribution in [0.2, 0.25) is 5.02 Å². The Labute approximate surface area is 172 Å². The van der Waals surface area contributed by atoms with Gasteiger partial charge in [-0.3, -0.25) is 14.9 Å². The highest BCUT2D eigenvalue weighted by molar-refractivity contribution is 6.30. The van der Waals surface area contributed by atoms with Crippen LogP contribution in [0.5, 0.6) is 0 Å². The summed E-state index contributed by atoms with van der Waals surface area (Å²) < 4.78 is 5.18. The number of esters is 1. The van der Waals surface area contributed by atoms with Gasteiger partial charge in [-0.15, -0.1) is 0 Å². The summed E-state index contributed by atoms with van der Waals surface area (Å²) in [6, 6.07) is 10.7. The molecule has 1 N–H and O–H groups in total. The van der Waals surface area contributed by atoms with Gasteiger partial charge in [-0.2, -0.15) is 0 Å². The third-order valence-corrected chi connectivity index (χ3v) is 4.87. The lowest BCUT2D eigenvalue weighted by Gasteiger charge is -2.18. The summed E-state index contributed by atoms with van der Waals surface area (Å²) >= 11 is 5.80. The second kappa shape index (κ2) is 8.91. The molecule has 9 heteroatoms. The van der Waals surface area contributed by atoms with Crippen molar-refractivity contribution in [2.24, 2.45) is 0 Å². The molecule has 0 saturated carbocycles. The molecule has 2 aromatic rings. The van der Waals surface area contributed by atoms with Crippen LogP contribution in [0.4, 0.5) is 17.1 Å². The van der Waals surface area contributed by atoms with Gasteiger partial charge in [0.1, 0.15) is 5.69 Å². The van der Waals surface area contributed by atoms with Gasteiger partial charge in [-0.1, -0.05) is 11.6 Å². The van der Waals surface area contributed by atoms with Crippen LogP contribution in [0, 0.1) is 10.1 Å². The van der Waals surface area contributed by atoms with Gasteiger partial charge in [-0.05, 0) is 56.2 Å². The summed E-state index contributed by atoms with van der Waals surface area (Å²) in [6.45, 7) is 2.91. The zero-order valence-electron chi connectivity index (χ0n) is 15.8. The second-order valence-corrected chi connectivity index (χ2v) is 7.13. The number of nitrogens with zero attached hydrogens (tertiary/aromatic N) is 2. The number of carbonyl (C=O) groups excluding carboxylic acids is 2. The monoisotopic (exact) mass is 417 g/mol. The van der Waals surface area contributed by atoms with E-state index in [-0.39, 0.29) is 11.3 Å². The standard InChI is InChI=1S/C20H20ClN3O5/c1-13(19(25)22-16-7-5-15(21)6-8-16)29-20(26)14-4-9-17(18(12-14)24(27)28)23-10-2-3-11-23/h4-9,12-13H,2-3,10-11H2,1H3,(H,22,25)/t13-/m1/s1. The Hall–Kier alpha value is -3.13. The van der Waals surface area contributed by atoms with Crippen LogP contribution in [0.3, 0.4) is 0 Å². The van der Waals surface area contributed by atoms with Crippen molar-refractivity contribution >= 4 is 40.5 Å². The van der Waals surface area contributed by atoms with Crippen molar-refractivity contribution in [2.45, 2.75) is 25.9 Å². The molecule has 152 valence electrons. The van der Waals surface area contributed by atoms with Crippen molar-refractivity contribution in [3.05, 3.63) is 63.2 Å². The SMILES string of the molecule is C[C@@H](OC(=O)c1ccc(N2CCCC2)c([N+](=O)[O-])c1)C(=O)Nc1ccc(Cl)cc1. The molecule has 1 atom stereocenters. The quantitative estimate of drug-likeness (QED) is 0.432. The number of nitro benzene ring substituents is 1.